The van der Waals surface area contributed by atoms with Crippen molar-refractivity contribution in [1.29, 1.82) is 5.26 Å². The van der Waals surface area contributed by atoms with Crippen LogP contribution < -0.4 is 10.5 Å². The minimum absolute atomic E-state index is 0.0389. The lowest BCUT2D eigenvalue weighted by Gasteiger charge is -2.08. The van der Waals surface area contributed by atoms with Crippen LogP contribution in [-0.2, 0) is 6.61 Å². The molecule has 0 spiro atoms. The normalized spacial score (nSPS) is 9.95. The summed E-state index contributed by atoms with van der Waals surface area (Å²) in [4.78, 5) is 0. The van der Waals surface area contributed by atoms with Crippen molar-refractivity contribution in [3.63, 3.8) is 0 Å². The first kappa shape index (κ1) is 13.4. The van der Waals surface area contributed by atoms with E-state index in [9.17, 15) is 4.39 Å². The van der Waals surface area contributed by atoms with Crippen molar-refractivity contribution in [3.8, 4) is 11.8 Å². The Bertz CT molecular complexity index is 632. The Kier molecular flexibility index (Phi) is 4.03. The number of nitrogen functional groups attached to an aromatic ring is 1. The zero-order valence-corrected chi connectivity index (χ0v) is 11.4. The molecule has 0 saturated carbocycles. The number of hydrogen-bond donors (Lipinski definition) is 1. The number of nitrogens with two attached hydrogens (primary N) is 1. The van der Waals surface area contributed by atoms with Crippen molar-refractivity contribution in [3.05, 3.63) is 57.8 Å². The summed E-state index contributed by atoms with van der Waals surface area (Å²) in [5, 5.41) is 8.77. The highest BCUT2D eigenvalue weighted by Crippen LogP contribution is 2.24. The summed E-state index contributed by atoms with van der Waals surface area (Å²) in [5.74, 6) is 0.135. The van der Waals surface area contributed by atoms with E-state index in [0.717, 1.165) is 4.47 Å². The van der Waals surface area contributed by atoms with Crippen molar-refractivity contribution in [2.75, 3.05) is 5.73 Å². The van der Waals surface area contributed by atoms with Gasteiger partial charge in [-0.1, -0.05) is 15.9 Å². The topological polar surface area (TPSA) is 59.0 Å². The standard InChI is InChI=1S/C14H10BrFN2O/c15-11-4-12(18)6-13(5-11)19-8-10-3-9(7-17)1-2-14(10)16/h1-6H,8,18H2. The maximum atomic E-state index is 13.5. The minimum atomic E-state index is -0.401. The quantitative estimate of drug-likeness (QED) is 0.879. The van der Waals surface area contributed by atoms with E-state index in [1.54, 1.807) is 18.2 Å². The van der Waals surface area contributed by atoms with Crippen molar-refractivity contribution in [2.24, 2.45) is 0 Å². The summed E-state index contributed by atoms with van der Waals surface area (Å²) in [6.45, 7) is 0.0389. The van der Waals surface area contributed by atoms with Gasteiger partial charge in [0, 0.05) is 21.8 Å². The second-order valence-corrected chi connectivity index (χ2v) is 4.84. The summed E-state index contributed by atoms with van der Waals surface area (Å²) >= 11 is 3.30. The SMILES string of the molecule is N#Cc1ccc(F)c(COc2cc(N)cc(Br)c2)c1. The number of hydrogen-bond acceptors (Lipinski definition) is 3. The molecule has 96 valence electrons. The van der Waals surface area contributed by atoms with E-state index in [4.69, 9.17) is 15.7 Å². The second kappa shape index (κ2) is 5.72. The fraction of sp³-hybridized carbons (Fsp3) is 0.0714. The Labute approximate surface area is 118 Å². The number of halogens is 2. The van der Waals surface area contributed by atoms with E-state index in [1.807, 2.05) is 6.07 Å². The lowest BCUT2D eigenvalue weighted by atomic mass is 10.1. The van der Waals surface area contributed by atoms with Gasteiger partial charge in [-0.2, -0.15) is 5.26 Å². The van der Waals surface area contributed by atoms with Gasteiger partial charge >= 0.3 is 0 Å². The maximum Gasteiger partial charge on any atom is 0.129 e. The van der Waals surface area contributed by atoms with Crippen LogP contribution in [0.2, 0.25) is 0 Å². The molecule has 0 radical (unpaired) electrons. The third-order valence-electron chi connectivity index (χ3n) is 2.46. The second-order valence-electron chi connectivity index (χ2n) is 3.93. The molecule has 0 bridgehead atoms. The monoisotopic (exact) mass is 320 g/mol. The van der Waals surface area contributed by atoms with Crippen molar-refractivity contribution in [1.82, 2.24) is 0 Å². The van der Waals surface area contributed by atoms with Crippen molar-refractivity contribution >= 4 is 21.6 Å². The molecule has 5 heteroatoms. The lowest BCUT2D eigenvalue weighted by Crippen LogP contribution is -2.00. The van der Waals surface area contributed by atoms with Crippen LogP contribution in [0, 0.1) is 17.1 Å². The van der Waals surface area contributed by atoms with Crippen LogP contribution in [0.5, 0.6) is 5.75 Å². The van der Waals surface area contributed by atoms with Gasteiger partial charge in [0.1, 0.15) is 18.2 Å². The molecule has 0 aliphatic rings. The molecule has 2 N–H and O–H groups in total. The Morgan fingerprint density at radius 2 is 2.05 bits per heavy atom. The van der Waals surface area contributed by atoms with E-state index >= 15 is 0 Å². The molecular weight excluding hydrogens is 311 g/mol. The summed E-state index contributed by atoms with van der Waals surface area (Å²) < 4.78 is 19.8. The van der Waals surface area contributed by atoms with E-state index in [-0.39, 0.29) is 6.61 Å². The van der Waals surface area contributed by atoms with Gasteiger partial charge in [0.2, 0.25) is 0 Å². The highest BCUT2D eigenvalue weighted by Gasteiger charge is 2.05. The molecule has 19 heavy (non-hydrogen) atoms. The number of ether oxygens (including phenoxy) is 1. The average Bonchev–Trinajstić information content (AvgIpc) is 2.37. The first-order valence-electron chi connectivity index (χ1n) is 5.46. The Balaban J connectivity index is 2.16. The molecule has 2 aromatic carbocycles. The molecule has 0 unspecified atom stereocenters. The van der Waals surface area contributed by atoms with Gasteiger partial charge in [0.15, 0.2) is 0 Å². The van der Waals surface area contributed by atoms with Gasteiger partial charge in [-0.25, -0.2) is 4.39 Å². The average molecular weight is 321 g/mol. The molecule has 0 aromatic heterocycles. The van der Waals surface area contributed by atoms with Crippen LogP contribution in [0.25, 0.3) is 0 Å². The predicted molar refractivity (Wildman–Crippen MR) is 74.0 cm³/mol. The third kappa shape index (κ3) is 3.46. The molecule has 2 rings (SSSR count). The van der Waals surface area contributed by atoms with Gasteiger partial charge in [-0.15, -0.1) is 0 Å². The number of rotatable bonds is 3. The van der Waals surface area contributed by atoms with E-state index < -0.39 is 5.82 Å². The molecule has 0 heterocycles. The molecule has 0 fully saturated rings. The van der Waals surface area contributed by atoms with Gasteiger partial charge in [-0.05, 0) is 30.3 Å². The van der Waals surface area contributed by atoms with Gasteiger partial charge in [0.25, 0.3) is 0 Å². The minimum Gasteiger partial charge on any atom is -0.489 e. The first-order valence-corrected chi connectivity index (χ1v) is 6.25. The fourth-order valence-corrected chi connectivity index (χ4v) is 2.07. The largest absolute Gasteiger partial charge is 0.489 e. The Hall–Kier alpha value is -2.06. The maximum absolute atomic E-state index is 13.5. The smallest absolute Gasteiger partial charge is 0.129 e. The molecule has 2 aromatic rings. The van der Waals surface area contributed by atoms with Gasteiger partial charge < -0.3 is 10.5 Å². The highest BCUT2D eigenvalue weighted by molar-refractivity contribution is 9.10. The van der Waals surface area contributed by atoms with Crippen LogP contribution in [0.3, 0.4) is 0 Å². The van der Waals surface area contributed by atoms with E-state index in [2.05, 4.69) is 15.9 Å². The molecular formula is C14H10BrFN2O. The molecule has 0 aliphatic heterocycles. The van der Waals surface area contributed by atoms with Crippen molar-refractivity contribution in [2.45, 2.75) is 6.61 Å². The van der Waals surface area contributed by atoms with E-state index in [1.165, 1.54) is 18.2 Å². The fourth-order valence-electron chi connectivity index (χ4n) is 1.58. The van der Waals surface area contributed by atoms with Gasteiger partial charge in [-0.3, -0.25) is 0 Å². The number of anilines is 1. The number of benzene rings is 2. The summed E-state index contributed by atoms with van der Waals surface area (Å²) in [7, 11) is 0. The Morgan fingerprint density at radius 3 is 2.74 bits per heavy atom. The van der Waals surface area contributed by atoms with Crippen LogP contribution in [0.4, 0.5) is 10.1 Å². The molecule has 0 amide bonds. The van der Waals surface area contributed by atoms with Crippen LogP contribution in [0.1, 0.15) is 11.1 Å². The Morgan fingerprint density at radius 1 is 1.26 bits per heavy atom. The number of nitrogens with zero attached hydrogens (tertiary/aromatic N) is 1. The zero-order valence-electron chi connectivity index (χ0n) is 9.86. The van der Waals surface area contributed by atoms with E-state index in [0.29, 0.717) is 22.6 Å². The highest BCUT2D eigenvalue weighted by atomic mass is 79.9. The summed E-state index contributed by atoms with van der Waals surface area (Å²) in [6.07, 6.45) is 0. The molecule has 3 nitrogen and oxygen atoms in total. The third-order valence-corrected chi connectivity index (χ3v) is 2.92. The molecule has 0 atom stereocenters. The molecule has 0 saturated heterocycles. The summed E-state index contributed by atoms with van der Waals surface area (Å²) in [6, 6.07) is 11.2. The predicted octanol–water partition coefficient (Wildman–Crippen LogP) is 3.62. The number of nitriles is 1. The summed E-state index contributed by atoms with van der Waals surface area (Å²) in [5.41, 5.74) is 6.96. The van der Waals surface area contributed by atoms with Gasteiger partial charge in [0.05, 0.1) is 11.6 Å². The lowest BCUT2D eigenvalue weighted by molar-refractivity contribution is 0.300. The molecule has 0 aliphatic carbocycles. The van der Waals surface area contributed by atoms with Crippen LogP contribution in [0.15, 0.2) is 40.9 Å². The van der Waals surface area contributed by atoms with Crippen LogP contribution in [-0.4, -0.2) is 0 Å². The van der Waals surface area contributed by atoms with Crippen LogP contribution >= 0.6 is 15.9 Å². The first-order chi connectivity index (χ1) is 9.08. The zero-order chi connectivity index (χ0) is 13.8. The van der Waals surface area contributed by atoms with Crippen molar-refractivity contribution < 1.29 is 9.13 Å².